The van der Waals surface area contributed by atoms with Gasteiger partial charge in [-0.2, -0.15) is 0 Å². The van der Waals surface area contributed by atoms with Crippen LogP contribution in [0.3, 0.4) is 0 Å². The van der Waals surface area contributed by atoms with Crippen molar-refractivity contribution in [2.24, 2.45) is 0 Å². The van der Waals surface area contributed by atoms with Crippen LogP contribution in [0, 0.1) is 0 Å². The van der Waals surface area contributed by atoms with Crippen LogP contribution >= 0.6 is 11.3 Å². The SMILES string of the molecule is CC(C)c1cccc(C(C)C)c1NC(=O)CN1C(=O)NC2(CCCc3sccc32)C1=O. The minimum atomic E-state index is -1.02. The zero-order chi connectivity index (χ0) is 22.3. The van der Waals surface area contributed by atoms with Gasteiger partial charge in [0, 0.05) is 16.1 Å². The molecule has 2 aromatic rings. The lowest BCUT2D eigenvalue weighted by atomic mass is 9.80. The largest absolute Gasteiger partial charge is 0.325 e. The van der Waals surface area contributed by atoms with Crippen molar-refractivity contribution in [3.8, 4) is 0 Å². The first-order chi connectivity index (χ1) is 14.7. The molecule has 164 valence electrons. The molecule has 1 aromatic heterocycles. The molecule has 1 spiro atoms. The highest BCUT2D eigenvalue weighted by molar-refractivity contribution is 7.10. The van der Waals surface area contributed by atoms with Crippen LogP contribution < -0.4 is 10.6 Å². The second-order valence-electron chi connectivity index (χ2n) is 9.01. The van der Waals surface area contributed by atoms with Gasteiger partial charge in [-0.05, 0) is 53.7 Å². The molecule has 1 aliphatic carbocycles. The number of anilines is 1. The molecule has 4 amide bonds. The number of thiophene rings is 1. The third-order valence-electron chi connectivity index (χ3n) is 6.28. The number of nitrogens with one attached hydrogen (secondary N) is 2. The van der Waals surface area contributed by atoms with Crippen LogP contribution in [0.1, 0.15) is 73.9 Å². The molecule has 4 rings (SSSR count). The van der Waals surface area contributed by atoms with E-state index in [1.807, 2.05) is 29.6 Å². The van der Waals surface area contributed by atoms with Crippen LogP contribution in [0.4, 0.5) is 10.5 Å². The Balaban J connectivity index is 1.57. The summed E-state index contributed by atoms with van der Waals surface area (Å²) in [5.74, 6) is -0.230. The number of rotatable bonds is 5. The number of aryl methyl sites for hydroxylation is 1. The normalized spacial score (nSPS) is 20.5. The van der Waals surface area contributed by atoms with Crippen LogP contribution in [-0.2, 0) is 21.5 Å². The Bertz CT molecular complexity index is 1020. The highest BCUT2D eigenvalue weighted by Crippen LogP contribution is 2.42. The minimum absolute atomic E-state index is 0.230. The number of hydrogen-bond acceptors (Lipinski definition) is 4. The summed E-state index contributed by atoms with van der Waals surface area (Å²) in [7, 11) is 0. The molecule has 6 nitrogen and oxygen atoms in total. The number of nitrogens with zero attached hydrogens (tertiary/aromatic N) is 1. The summed E-state index contributed by atoms with van der Waals surface area (Å²) >= 11 is 1.61. The molecule has 31 heavy (non-hydrogen) atoms. The second kappa shape index (κ2) is 8.11. The zero-order valence-corrected chi connectivity index (χ0v) is 19.3. The van der Waals surface area contributed by atoms with Gasteiger partial charge >= 0.3 is 6.03 Å². The van der Waals surface area contributed by atoms with Crippen molar-refractivity contribution in [3.63, 3.8) is 0 Å². The van der Waals surface area contributed by atoms with Crippen LogP contribution in [0.2, 0.25) is 0 Å². The standard InChI is InChI=1S/C24H29N3O3S/c1-14(2)16-7-5-8-17(15(3)4)21(16)25-20(28)13-27-22(29)24(26-23(27)30)11-6-9-19-18(24)10-12-31-19/h5,7-8,10,12,14-15H,6,9,11,13H2,1-4H3,(H,25,28)(H,26,30). The van der Waals surface area contributed by atoms with Crippen molar-refractivity contribution in [1.29, 1.82) is 0 Å². The van der Waals surface area contributed by atoms with E-state index in [1.165, 1.54) is 0 Å². The smallest absolute Gasteiger partial charge is 0.324 e. The highest BCUT2D eigenvalue weighted by atomic mass is 32.1. The molecule has 7 heteroatoms. The van der Waals surface area contributed by atoms with Crippen LogP contribution in [0.25, 0.3) is 0 Å². The van der Waals surface area contributed by atoms with Gasteiger partial charge in [-0.25, -0.2) is 4.79 Å². The fraction of sp³-hybridized carbons (Fsp3) is 0.458. The second-order valence-corrected chi connectivity index (χ2v) is 10.0. The molecule has 1 atom stereocenters. The zero-order valence-electron chi connectivity index (χ0n) is 18.5. The Morgan fingerprint density at radius 1 is 1.16 bits per heavy atom. The molecular weight excluding hydrogens is 410 g/mol. The molecule has 1 aromatic carbocycles. The molecule has 0 saturated carbocycles. The van der Waals surface area contributed by atoms with Gasteiger partial charge in [-0.3, -0.25) is 14.5 Å². The van der Waals surface area contributed by atoms with E-state index in [0.717, 1.165) is 45.0 Å². The number of imide groups is 1. The number of amides is 4. The molecule has 1 fully saturated rings. The average Bonchev–Trinajstić information content (AvgIpc) is 3.28. The lowest BCUT2D eigenvalue weighted by molar-refractivity contribution is -0.134. The maximum Gasteiger partial charge on any atom is 0.325 e. The number of carbonyl (C=O) groups excluding carboxylic acids is 3. The summed E-state index contributed by atoms with van der Waals surface area (Å²) < 4.78 is 0. The fourth-order valence-electron chi connectivity index (χ4n) is 4.70. The van der Waals surface area contributed by atoms with Crippen molar-refractivity contribution >= 4 is 34.9 Å². The van der Waals surface area contributed by atoms with E-state index < -0.39 is 11.6 Å². The summed E-state index contributed by atoms with van der Waals surface area (Å²) in [6, 6.07) is 7.45. The summed E-state index contributed by atoms with van der Waals surface area (Å²) in [4.78, 5) is 41.3. The Labute approximate surface area is 187 Å². The Morgan fingerprint density at radius 2 is 1.84 bits per heavy atom. The molecule has 0 bridgehead atoms. The molecule has 2 N–H and O–H groups in total. The first kappa shape index (κ1) is 21.6. The number of fused-ring (bicyclic) bond motifs is 2. The number of para-hydroxylation sites is 1. The van der Waals surface area contributed by atoms with Gasteiger partial charge in [0.2, 0.25) is 5.91 Å². The van der Waals surface area contributed by atoms with Crippen LogP contribution in [0.15, 0.2) is 29.6 Å². The van der Waals surface area contributed by atoms with Crippen molar-refractivity contribution in [3.05, 3.63) is 51.2 Å². The van der Waals surface area contributed by atoms with Crippen molar-refractivity contribution in [2.45, 2.75) is 64.3 Å². The monoisotopic (exact) mass is 439 g/mol. The van der Waals surface area contributed by atoms with E-state index in [4.69, 9.17) is 0 Å². The third kappa shape index (κ3) is 3.65. The summed E-state index contributed by atoms with van der Waals surface area (Å²) in [5.41, 5.74) is 2.74. The Kier molecular flexibility index (Phi) is 5.64. The number of hydrogen-bond donors (Lipinski definition) is 2. The van der Waals surface area contributed by atoms with Gasteiger partial charge in [-0.15, -0.1) is 11.3 Å². The molecule has 1 unspecified atom stereocenters. The lowest BCUT2D eigenvalue weighted by Gasteiger charge is -2.31. The summed E-state index contributed by atoms with van der Waals surface area (Å²) in [6.07, 6.45) is 2.31. The fourth-order valence-corrected chi connectivity index (χ4v) is 5.70. The summed E-state index contributed by atoms with van der Waals surface area (Å²) in [6.45, 7) is 8.03. The number of carbonyl (C=O) groups is 3. The van der Waals surface area contributed by atoms with E-state index in [0.29, 0.717) is 6.42 Å². The molecule has 2 aliphatic rings. The maximum absolute atomic E-state index is 13.4. The van der Waals surface area contributed by atoms with Gasteiger partial charge in [0.05, 0.1) is 0 Å². The van der Waals surface area contributed by atoms with Crippen LogP contribution in [0.5, 0.6) is 0 Å². The molecule has 1 saturated heterocycles. The first-order valence-electron chi connectivity index (χ1n) is 10.9. The molecule has 0 radical (unpaired) electrons. The average molecular weight is 440 g/mol. The third-order valence-corrected chi connectivity index (χ3v) is 7.26. The van der Waals surface area contributed by atoms with Gasteiger partial charge in [-0.1, -0.05) is 45.9 Å². The minimum Gasteiger partial charge on any atom is -0.324 e. The molecule has 1 aliphatic heterocycles. The van der Waals surface area contributed by atoms with Gasteiger partial charge in [0.1, 0.15) is 12.1 Å². The van der Waals surface area contributed by atoms with Gasteiger partial charge in [0.25, 0.3) is 5.91 Å². The number of benzene rings is 1. The quantitative estimate of drug-likeness (QED) is 0.662. The Hall–Kier alpha value is -2.67. The van der Waals surface area contributed by atoms with E-state index in [1.54, 1.807) is 11.3 Å². The van der Waals surface area contributed by atoms with E-state index in [2.05, 4.69) is 38.3 Å². The van der Waals surface area contributed by atoms with E-state index in [-0.39, 0.29) is 30.2 Å². The van der Waals surface area contributed by atoms with E-state index in [9.17, 15) is 14.4 Å². The van der Waals surface area contributed by atoms with E-state index >= 15 is 0 Å². The lowest BCUT2D eigenvalue weighted by Crippen LogP contribution is -2.46. The van der Waals surface area contributed by atoms with Gasteiger partial charge in [0.15, 0.2) is 0 Å². The summed E-state index contributed by atoms with van der Waals surface area (Å²) in [5, 5.41) is 7.87. The van der Waals surface area contributed by atoms with Crippen molar-refractivity contribution in [1.82, 2.24) is 10.2 Å². The predicted molar refractivity (Wildman–Crippen MR) is 122 cm³/mol. The van der Waals surface area contributed by atoms with Crippen molar-refractivity contribution in [2.75, 3.05) is 11.9 Å². The molecule has 2 heterocycles. The molecular formula is C24H29N3O3S. The maximum atomic E-state index is 13.4. The number of urea groups is 1. The van der Waals surface area contributed by atoms with Gasteiger partial charge < -0.3 is 10.6 Å². The Morgan fingerprint density at radius 3 is 2.48 bits per heavy atom. The topological polar surface area (TPSA) is 78.5 Å². The predicted octanol–water partition coefficient (Wildman–Crippen LogP) is 4.72. The highest BCUT2D eigenvalue weighted by Gasteiger charge is 2.54. The van der Waals surface area contributed by atoms with Crippen LogP contribution in [-0.4, -0.2) is 29.3 Å². The first-order valence-corrected chi connectivity index (χ1v) is 11.8. The van der Waals surface area contributed by atoms with Crippen molar-refractivity contribution < 1.29 is 14.4 Å².